The van der Waals surface area contributed by atoms with Crippen LogP contribution in [0.2, 0.25) is 5.02 Å². The van der Waals surface area contributed by atoms with Crippen LogP contribution in [0.4, 0.5) is 4.79 Å². The standard InChI is InChI=1S/C18H24ClN5O2/c1-14-12-15(19)2-3-16(14)26-11-10-23-6-8-24(9-7-23)18(25)22-13-17-20-4-5-21-17/h2-5,12H,6-11,13H2,1H3,(H,20,21)(H,22,25). The van der Waals surface area contributed by atoms with Crippen LogP contribution in [0, 0.1) is 6.92 Å². The van der Waals surface area contributed by atoms with Gasteiger partial charge in [0.2, 0.25) is 0 Å². The van der Waals surface area contributed by atoms with Crippen molar-refractivity contribution >= 4 is 17.6 Å². The quantitative estimate of drug-likeness (QED) is 0.810. The molecule has 3 rings (SSSR count). The van der Waals surface area contributed by atoms with Crippen molar-refractivity contribution in [2.45, 2.75) is 13.5 Å². The number of hydrogen-bond donors (Lipinski definition) is 2. The fourth-order valence-corrected chi connectivity index (χ4v) is 3.13. The molecule has 0 aliphatic carbocycles. The molecule has 1 fully saturated rings. The van der Waals surface area contributed by atoms with Crippen molar-refractivity contribution in [3.8, 4) is 5.75 Å². The summed E-state index contributed by atoms with van der Waals surface area (Å²) in [5, 5.41) is 3.60. The number of carbonyl (C=O) groups excluding carboxylic acids is 1. The summed E-state index contributed by atoms with van der Waals surface area (Å²) in [6, 6.07) is 5.59. The van der Waals surface area contributed by atoms with Gasteiger partial charge in [-0.05, 0) is 30.7 Å². The van der Waals surface area contributed by atoms with Gasteiger partial charge in [-0.3, -0.25) is 4.90 Å². The highest BCUT2D eigenvalue weighted by molar-refractivity contribution is 6.30. The first-order valence-corrected chi connectivity index (χ1v) is 9.12. The second kappa shape index (κ2) is 8.91. The van der Waals surface area contributed by atoms with E-state index in [1.165, 1.54) is 0 Å². The number of nitrogens with one attached hydrogen (secondary N) is 2. The number of nitrogens with zero attached hydrogens (tertiary/aromatic N) is 3. The van der Waals surface area contributed by atoms with Crippen LogP contribution in [0.5, 0.6) is 5.75 Å². The summed E-state index contributed by atoms with van der Waals surface area (Å²) in [5.74, 6) is 1.62. The zero-order chi connectivity index (χ0) is 18.4. The molecule has 2 amide bonds. The average molecular weight is 378 g/mol. The summed E-state index contributed by atoms with van der Waals surface area (Å²) < 4.78 is 5.85. The molecular weight excluding hydrogens is 354 g/mol. The van der Waals surface area contributed by atoms with Crippen molar-refractivity contribution in [2.24, 2.45) is 0 Å². The molecule has 0 bridgehead atoms. The molecule has 2 N–H and O–H groups in total. The van der Waals surface area contributed by atoms with E-state index in [2.05, 4.69) is 20.2 Å². The SMILES string of the molecule is Cc1cc(Cl)ccc1OCCN1CCN(C(=O)NCc2ncc[nH]2)CC1. The van der Waals surface area contributed by atoms with Crippen molar-refractivity contribution in [3.63, 3.8) is 0 Å². The Morgan fingerprint density at radius 1 is 1.35 bits per heavy atom. The lowest BCUT2D eigenvalue weighted by molar-refractivity contribution is 0.125. The molecule has 1 aliphatic heterocycles. The second-order valence-corrected chi connectivity index (χ2v) is 6.72. The number of halogens is 1. The Kier molecular flexibility index (Phi) is 6.35. The van der Waals surface area contributed by atoms with E-state index in [0.29, 0.717) is 26.2 Å². The van der Waals surface area contributed by atoms with Crippen LogP contribution >= 0.6 is 11.6 Å². The zero-order valence-corrected chi connectivity index (χ0v) is 15.6. The van der Waals surface area contributed by atoms with Gasteiger partial charge < -0.3 is 19.9 Å². The van der Waals surface area contributed by atoms with E-state index in [1.807, 2.05) is 30.0 Å². The fourth-order valence-electron chi connectivity index (χ4n) is 2.90. The van der Waals surface area contributed by atoms with Crippen LogP contribution in [-0.2, 0) is 6.54 Å². The van der Waals surface area contributed by atoms with Gasteiger partial charge in [0.25, 0.3) is 0 Å². The van der Waals surface area contributed by atoms with Crippen LogP contribution in [0.1, 0.15) is 11.4 Å². The maximum Gasteiger partial charge on any atom is 0.317 e. The van der Waals surface area contributed by atoms with Gasteiger partial charge in [0.15, 0.2) is 0 Å². The largest absolute Gasteiger partial charge is 0.492 e. The highest BCUT2D eigenvalue weighted by Crippen LogP contribution is 2.21. The van der Waals surface area contributed by atoms with Gasteiger partial charge in [0.1, 0.15) is 18.2 Å². The summed E-state index contributed by atoms with van der Waals surface area (Å²) in [6.07, 6.45) is 3.42. The summed E-state index contributed by atoms with van der Waals surface area (Å²) >= 11 is 5.96. The van der Waals surface area contributed by atoms with Gasteiger partial charge in [-0.25, -0.2) is 9.78 Å². The van der Waals surface area contributed by atoms with E-state index in [0.717, 1.165) is 41.8 Å². The number of carbonyl (C=O) groups is 1. The molecule has 8 heteroatoms. The highest BCUT2D eigenvalue weighted by atomic mass is 35.5. The van der Waals surface area contributed by atoms with Crippen molar-refractivity contribution in [3.05, 3.63) is 47.0 Å². The predicted octanol–water partition coefficient (Wildman–Crippen LogP) is 2.28. The van der Waals surface area contributed by atoms with Crippen LogP contribution < -0.4 is 10.1 Å². The van der Waals surface area contributed by atoms with Crippen molar-refractivity contribution in [1.82, 2.24) is 25.1 Å². The molecule has 1 aliphatic rings. The van der Waals surface area contributed by atoms with Crippen LogP contribution in [-0.4, -0.2) is 65.1 Å². The first-order chi connectivity index (χ1) is 12.6. The number of aryl methyl sites for hydroxylation is 1. The predicted molar refractivity (Wildman–Crippen MR) is 101 cm³/mol. The average Bonchev–Trinajstić information content (AvgIpc) is 3.16. The zero-order valence-electron chi connectivity index (χ0n) is 14.9. The number of H-pyrrole nitrogens is 1. The lowest BCUT2D eigenvalue weighted by Crippen LogP contribution is -2.52. The Labute approximate surface area is 158 Å². The van der Waals surface area contributed by atoms with Crippen LogP contribution in [0.15, 0.2) is 30.6 Å². The number of ether oxygens (including phenoxy) is 1. The smallest absolute Gasteiger partial charge is 0.317 e. The Balaban J connectivity index is 1.35. The molecule has 1 aromatic carbocycles. The molecule has 0 spiro atoms. The summed E-state index contributed by atoms with van der Waals surface area (Å²) in [6.45, 7) is 6.97. The molecule has 2 heterocycles. The molecule has 0 saturated carbocycles. The molecule has 1 saturated heterocycles. The Morgan fingerprint density at radius 3 is 2.85 bits per heavy atom. The molecule has 1 aromatic heterocycles. The van der Waals surface area contributed by atoms with E-state index in [9.17, 15) is 4.79 Å². The van der Waals surface area contributed by atoms with E-state index in [4.69, 9.17) is 16.3 Å². The number of aromatic amines is 1. The Hall–Kier alpha value is -2.25. The van der Waals surface area contributed by atoms with Crippen molar-refractivity contribution < 1.29 is 9.53 Å². The molecule has 2 aromatic rings. The minimum atomic E-state index is -0.0471. The van der Waals surface area contributed by atoms with Gasteiger partial charge in [0.05, 0.1) is 6.54 Å². The van der Waals surface area contributed by atoms with Crippen molar-refractivity contribution in [2.75, 3.05) is 39.3 Å². The van der Waals surface area contributed by atoms with E-state index < -0.39 is 0 Å². The summed E-state index contributed by atoms with van der Waals surface area (Å²) in [7, 11) is 0. The number of hydrogen-bond acceptors (Lipinski definition) is 4. The number of urea groups is 1. The molecule has 0 atom stereocenters. The molecule has 26 heavy (non-hydrogen) atoms. The molecule has 140 valence electrons. The number of imidazole rings is 1. The van der Waals surface area contributed by atoms with E-state index >= 15 is 0 Å². The van der Waals surface area contributed by atoms with Gasteiger partial charge >= 0.3 is 6.03 Å². The Bertz CT molecular complexity index is 714. The first kappa shape index (κ1) is 18.5. The molecule has 0 radical (unpaired) electrons. The molecule has 0 unspecified atom stereocenters. The van der Waals surface area contributed by atoms with Gasteiger partial charge in [0, 0.05) is 50.1 Å². The maximum absolute atomic E-state index is 12.2. The number of amides is 2. The maximum atomic E-state index is 12.2. The third kappa shape index (κ3) is 5.12. The third-order valence-corrected chi connectivity index (χ3v) is 4.66. The van der Waals surface area contributed by atoms with Gasteiger partial charge in [-0.2, -0.15) is 0 Å². The highest BCUT2D eigenvalue weighted by Gasteiger charge is 2.20. The summed E-state index contributed by atoms with van der Waals surface area (Å²) in [4.78, 5) is 23.4. The molecule has 7 nitrogen and oxygen atoms in total. The minimum absolute atomic E-state index is 0.0471. The lowest BCUT2D eigenvalue weighted by atomic mass is 10.2. The van der Waals surface area contributed by atoms with Crippen LogP contribution in [0.3, 0.4) is 0 Å². The first-order valence-electron chi connectivity index (χ1n) is 8.74. The van der Waals surface area contributed by atoms with Crippen molar-refractivity contribution in [1.29, 1.82) is 0 Å². The van der Waals surface area contributed by atoms with Crippen LogP contribution in [0.25, 0.3) is 0 Å². The number of aromatic nitrogens is 2. The van der Waals surface area contributed by atoms with Gasteiger partial charge in [-0.15, -0.1) is 0 Å². The number of rotatable bonds is 6. The monoisotopic (exact) mass is 377 g/mol. The Morgan fingerprint density at radius 2 is 2.15 bits per heavy atom. The number of piperazine rings is 1. The molecular formula is C18H24ClN5O2. The van der Waals surface area contributed by atoms with E-state index in [-0.39, 0.29) is 6.03 Å². The third-order valence-electron chi connectivity index (χ3n) is 4.42. The summed E-state index contributed by atoms with van der Waals surface area (Å²) in [5.41, 5.74) is 1.04. The topological polar surface area (TPSA) is 73.5 Å². The van der Waals surface area contributed by atoms with Gasteiger partial charge in [-0.1, -0.05) is 11.6 Å². The second-order valence-electron chi connectivity index (χ2n) is 6.28. The fraction of sp³-hybridized carbons (Fsp3) is 0.444. The lowest BCUT2D eigenvalue weighted by Gasteiger charge is -2.34. The number of benzene rings is 1. The van der Waals surface area contributed by atoms with E-state index in [1.54, 1.807) is 12.4 Å². The minimum Gasteiger partial charge on any atom is -0.492 e. The normalized spacial score (nSPS) is 15.1.